The zero-order valence-electron chi connectivity index (χ0n) is 5.53. The fourth-order valence-corrected chi connectivity index (χ4v) is 0.834. The summed E-state index contributed by atoms with van der Waals surface area (Å²) in [5, 5.41) is 5.96. The van der Waals surface area contributed by atoms with E-state index in [0.29, 0.717) is 12.0 Å². The number of nitrogens with zero attached hydrogens (tertiary/aromatic N) is 1. The van der Waals surface area contributed by atoms with Gasteiger partial charge in [-0.25, -0.2) is 0 Å². The van der Waals surface area contributed by atoms with Crippen molar-refractivity contribution >= 4 is 0 Å². The molecule has 0 amide bonds. The van der Waals surface area contributed by atoms with Gasteiger partial charge >= 0.3 is 0 Å². The van der Waals surface area contributed by atoms with Crippen LogP contribution in [0.3, 0.4) is 0 Å². The van der Waals surface area contributed by atoms with Crippen LogP contribution in [0.2, 0.25) is 0 Å². The van der Waals surface area contributed by atoms with E-state index in [4.69, 9.17) is 0 Å². The van der Waals surface area contributed by atoms with Gasteiger partial charge in [-0.05, 0) is 13.3 Å². The highest BCUT2D eigenvalue weighted by atomic mass is 19.1. The lowest BCUT2D eigenvalue weighted by molar-refractivity contribution is 0.567. The molecular weight excluding hydrogens is 119 g/mol. The molecule has 0 radical (unpaired) electrons. The number of H-pyrrole nitrogens is 1. The molecule has 9 heavy (non-hydrogen) atoms. The minimum Gasteiger partial charge on any atom is -0.280 e. The average molecular weight is 128 g/mol. The van der Waals surface area contributed by atoms with E-state index in [9.17, 15) is 4.39 Å². The molecule has 0 spiro atoms. The molecule has 0 unspecified atom stereocenters. The van der Waals surface area contributed by atoms with Crippen LogP contribution in [0, 0.1) is 12.9 Å². The maximum atomic E-state index is 12.5. The van der Waals surface area contributed by atoms with Gasteiger partial charge in [0, 0.05) is 11.3 Å². The van der Waals surface area contributed by atoms with Gasteiger partial charge in [0.15, 0.2) is 0 Å². The molecule has 0 atom stereocenters. The number of hydrogen-bond donors (Lipinski definition) is 1. The van der Waals surface area contributed by atoms with Crippen LogP contribution in [0.25, 0.3) is 0 Å². The first-order valence-electron chi connectivity index (χ1n) is 2.95. The predicted molar refractivity (Wildman–Crippen MR) is 32.7 cm³/mol. The van der Waals surface area contributed by atoms with Crippen LogP contribution in [-0.4, -0.2) is 10.2 Å². The molecule has 0 aliphatic heterocycles. The van der Waals surface area contributed by atoms with E-state index >= 15 is 0 Å². The molecule has 0 aliphatic rings. The van der Waals surface area contributed by atoms with Crippen LogP contribution in [0.15, 0.2) is 0 Å². The maximum Gasteiger partial charge on any atom is 0.235 e. The number of hydrogen-bond acceptors (Lipinski definition) is 1. The third-order valence-electron chi connectivity index (χ3n) is 1.38. The van der Waals surface area contributed by atoms with E-state index in [1.165, 1.54) is 0 Å². The quantitative estimate of drug-likeness (QED) is 0.608. The van der Waals surface area contributed by atoms with Gasteiger partial charge in [-0.3, -0.25) is 5.10 Å². The van der Waals surface area contributed by atoms with Crippen LogP contribution >= 0.6 is 0 Å². The Balaban J connectivity index is 3.07. The van der Waals surface area contributed by atoms with Crippen LogP contribution in [-0.2, 0) is 6.42 Å². The van der Waals surface area contributed by atoms with Crippen molar-refractivity contribution in [2.75, 3.05) is 0 Å². The van der Waals surface area contributed by atoms with Gasteiger partial charge in [-0.2, -0.15) is 4.39 Å². The van der Waals surface area contributed by atoms with Crippen molar-refractivity contribution < 1.29 is 4.39 Å². The molecular formula is C6H9FN2. The number of halogens is 1. The van der Waals surface area contributed by atoms with Crippen molar-refractivity contribution in [3.8, 4) is 0 Å². The average Bonchev–Trinajstić information content (AvgIpc) is 2.12. The monoisotopic (exact) mass is 128 g/mol. The number of nitrogens with one attached hydrogen (secondary N) is 1. The second-order valence-corrected chi connectivity index (χ2v) is 1.97. The molecule has 3 heteroatoms. The number of aromatic amines is 1. The first-order valence-corrected chi connectivity index (χ1v) is 2.95. The lowest BCUT2D eigenvalue weighted by Crippen LogP contribution is -1.83. The summed E-state index contributed by atoms with van der Waals surface area (Å²) in [4.78, 5) is 0. The van der Waals surface area contributed by atoms with Gasteiger partial charge in [0.2, 0.25) is 5.95 Å². The maximum absolute atomic E-state index is 12.5. The molecule has 0 saturated carbocycles. The number of aromatic nitrogens is 2. The fourth-order valence-electron chi connectivity index (χ4n) is 0.834. The Kier molecular flexibility index (Phi) is 1.51. The minimum atomic E-state index is -0.366. The molecule has 1 aromatic heterocycles. The van der Waals surface area contributed by atoms with Gasteiger partial charge in [-0.15, -0.1) is 5.10 Å². The topological polar surface area (TPSA) is 28.7 Å². The summed E-state index contributed by atoms with van der Waals surface area (Å²) in [5.41, 5.74) is 1.52. The molecule has 0 bridgehead atoms. The Bertz CT molecular complexity index is 185. The summed E-state index contributed by atoms with van der Waals surface area (Å²) in [6, 6.07) is 0. The third kappa shape index (κ3) is 0.943. The smallest absolute Gasteiger partial charge is 0.235 e. The summed E-state index contributed by atoms with van der Waals surface area (Å²) in [6.07, 6.45) is 0.703. The van der Waals surface area contributed by atoms with Gasteiger partial charge in [0.25, 0.3) is 0 Å². The number of aryl methyl sites for hydroxylation is 1. The molecule has 2 nitrogen and oxygen atoms in total. The third-order valence-corrected chi connectivity index (χ3v) is 1.38. The van der Waals surface area contributed by atoms with E-state index in [0.717, 1.165) is 5.69 Å². The normalized spacial score (nSPS) is 10.1. The SMILES string of the molecule is CCc1c(F)n[nH]c1C. The summed E-state index contributed by atoms with van der Waals surface area (Å²) in [7, 11) is 0. The van der Waals surface area contributed by atoms with Crippen molar-refractivity contribution in [3.63, 3.8) is 0 Å². The summed E-state index contributed by atoms with van der Waals surface area (Å²) in [6.45, 7) is 3.72. The fraction of sp³-hybridized carbons (Fsp3) is 0.500. The second-order valence-electron chi connectivity index (χ2n) is 1.97. The Morgan fingerprint density at radius 3 is 2.56 bits per heavy atom. The Labute approximate surface area is 53.1 Å². The summed E-state index contributed by atoms with van der Waals surface area (Å²) >= 11 is 0. The van der Waals surface area contributed by atoms with Gasteiger partial charge in [0.1, 0.15) is 0 Å². The summed E-state index contributed by atoms with van der Waals surface area (Å²) in [5.74, 6) is -0.366. The molecule has 0 saturated heterocycles. The van der Waals surface area contributed by atoms with E-state index in [-0.39, 0.29) is 5.95 Å². The second kappa shape index (κ2) is 2.17. The molecule has 1 aromatic rings. The van der Waals surface area contributed by atoms with Crippen molar-refractivity contribution in [1.29, 1.82) is 0 Å². The minimum absolute atomic E-state index is 0.366. The van der Waals surface area contributed by atoms with Gasteiger partial charge in [0.05, 0.1) is 0 Å². The molecule has 50 valence electrons. The van der Waals surface area contributed by atoms with Crippen LogP contribution in [0.5, 0.6) is 0 Å². The van der Waals surface area contributed by atoms with E-state index < -0.39 is 0 Å². The highest BCUT2D eigenvalue weighted by Gasteiger charge is 2.04. The van der Waals surface area contributed by atoms with Gasteiger partial charge < -0.3 is 0 Å². The van der Waals surface area contributed by atoms with Gasteiger partial charge in [-0.1, -0.05) is 6.92 Å². The Morgan fingerprint density at radius 1 is 1.67 bits per heavy atom. The highest BCUT2D eigenvalue weighted by molar-refractivity contribution is 5.15. The van der Waals surface area contributed by atoms with Crippen LogP contribution in [0.1, 0.15) is 18.2 Å². The predicted octanol–water partition coefficient (Wildman–Crippen LogP) is 1.42. The number of rotatable bonds is 1. The molecule has 1 heterocycles. The first kappa shape index (κ1) is 6.26. The standard InChI is InChI=1S/C6H9FN2/c1-3-5-4(2)8-9-6(5)7/h3H2,1-2H3,(H,8,9). The van der Waals surface area contributed by atoms with Crippen LogP contribution in [0.4, 0.5) is 4.39 Å². The van der Waals surface area contributed by atoms with E-state index in [1.807, 2.05) is 13.8 Å². The molecule has 0 aliphatic carbocycles. The van der Waals surface area contributed by atoms with E-state index in [2.05, 4.69) is 10.2 Å². The van der Waals surface area contributed by atoms with E-state index in [1.54, 1.807) is 0 Å². The first-order chi connectivity index (χ1) is 4.25. The lowest BCUT2D eigenvalue weighted by atomic mass is 10.2. The largest absolute Gasteiger partial charge is 0.280 e. The molecule has 0 aromatic carbocycles. The molecule has 1 N–H and O–H groups in total. The zero-order chi connectivity index (χ0) is 6.85. The van der Waals surface area contributed by atoms with Crippen molar-refractivity contribution in [3.05, 3.63) is 17.2 Å². The molecule has 0 fully saturated rings. The lowest BCUT2D eigenvalue weighted by Gasteiger charge is -1.88. The molecule has 1 rings (SSSR count). The van der Waals surface area contributed by atoms with Crippen molar-refractivity contribution in [2.24, 2.45) is 0 Å². The van der Waals surface area contributed by atoms with Crippen LogP contribution < -0.4 is 0 Å². The Hall–Kier alpha value is -0.860. The Morgan fingerprint density at radius 2 is 2.33 bits per heavy atom. The van der Waals surface area contributed by atoms with Crippen molar-refractivity contribution in [2.45, 2.75) is 20.3 Å². The van der Waals surface area contributed by atoms with Crippen molar-refractivity contribution in [1.82, 2.24) is 10.2 Å². The zero-order valence-corrected chi connectivity index (χ0v) is 5.53. The summed E-state index contributed by atoms with van der Waals surface area (Å²) < 4.78 is 12.5. The highest BCUT2D eigenvalue weighted by Crippen LogP contribution is 2.07.